The average Bonchev–Trinajstić information content (AvgIpc) is 3.00. The van der Waals surface area contributed by atoms with E-state index in [2.05, 4.69) is 35.5 Å². The summed E-state index contributed by atoms with van der Waals surface area (Å²) in [4.78, 5) is 17.4. The van der Waals surface area contributed by atoms with E-state index in [-0.39, 0.29) is 12.1 Å². The molecule has 4 nitrogen and oxygen atoms in total. The van der Waals surface area contributed by atoms with Crippen LogP contribution in [0.5, 0.6) is 0 Å². The van der Waals surface area contributed by atoms with Crippen LogP contribution in [0.4, 0.5) is 0 Å². The van der Waals surface area contributed by atoms with E-state index in [1.54, 1.807) is 11.3 Å². The van der Waals surface area contributed by atoms with Crippen molar-refractivity contribution in [1.82, 2.24) is 15.1 Å². The summed E-state index contributed by atoms with van der Waals surface area (Å²) in [6.45, 7) is 8.60. The fourth-order valence-corrected chi connectivity index (χ4v) is 3.09. The summed E-state index contributed by atoms with van der Waals surface area (Å²) in [5.41, 5.74) is 0. The van der Waals surface area contributed by atoms with Gasteiger partial charge in [-0.1, -0.05) is 19.9 Å². The molecule has 2 heterocycles. The summed E-state index contributed by atoms with van der Waals surface area (Å²) in [6, 6.07) is 4.12. The topological polar surface area (TPSA) is 35.6 Å². The molecule has 0 spiro atoms. The summed E-state index contributed by atoms with van der Waals surface area (Å²) >= 11 is 1.70. The van der Waals surface area contributed by atoms with Gasteiger partial charge in [-0.25, -0.2) is 0 Å². The lowest BCUT2D eigenvalue weighted by Gasteiger charge is -2.27. The van der Waals surface area contributed by atoms with E-state index >= 15 is 0 Å². The highest BCUT2D eigenvalue weighted by Gasteiger charge is 2.31. The minimum atomic E-state index is 0.0769. The Morgan fingerprint density at radius 1 is 1.50 bits per heavy atom. The molecule has 1 fully saturated rings. The number of nitrogens with zero attached hydrogens (tertiary/aromatic N) is 2. The summed E-state index contributed by atoms with van der Waals surface area (Å²) < 4.78 is 0. The maximum atomic E-state index is 11.9. The van der Waals surface area contributed by atoms with Crippen molar-refractivity contribution >= 4 is 17.2 Å². The molecule has 1 aromatic rings. The fourth-order valence-electron chi connectivity index (χ4n) is 2.28. The van der Waals surface area contributed by atoms with Crippen LogP contribution in [0.2, 0.25) is 0 Å². The van der Waals surface area contributed by atoms with Gasteiger partial charge in [0.15, 0.2) is 0 Å². The summed E-state index contributed by atoms with van der Waals surface area (Å²) in [5, 5.41) is 5.34. The number of hydrogen-bond donors (Lipinski definition) is 1. The quantitative estimate of drug-likeness (QED) is 0.849. The number of nitrogens with one attached hydrogen (secondary N) is 1. The zero-order valence-electron chi connectivity index (χ0n) is 11.1. The molecule has 18 heavy (non-hydrogen) atoms. The van der Waals surface area contributed by atoms with E-state index in [1.165, 1.54) is 4.88 Å². The van der Waals surface area contributed by atoms with Crippen LogP contribution in [-0.4, -0.2) is 48.4 Å². The van der Waals surface area contributed by atoms with Crippen LogP contribution < -0.4 is 5.32 Å². The van der Waals surface area contributed by atoms with Crippen molar-refractivity contribution in [1.29, 1.82) is 0 Å². The smallest absolute Gasteiger partial charge is 0.238 e. The van der Waals surface area contributed by atoms with Gasteiger partial charge in [-0.15, -0.1) is 11.3 Å². The van der Waals surface area contributed by atoms with Crippen LogP contribution in [-0.2, 0) is 4.79 Å². The number of amides is 1. The third-order valence-corrected chi connectivity index (χ3v) is 4.37. The summed E-state index contributed by atoms with van der Waals surface area (Å²) in [7, 11) is 0. The van der Waals surface area contributed by atoms with Crippen molar-refractivity contribution in [3.63, 3.8) is 0 Å². The average molecular weight is 267 g/mol. The number of hydrogen-bond acceptors (Lipinski definition) is 4. The zero-order chi connectivity index (χ0) is 13.0. The highest BCUT2D eigenvalue weighted by atomic mass is 32.1. The van der Waals surface area contributed by atoms with E-state index in [0.29, 0.717) is 6.54 Å². The Balaban J connectivity index is 1.98. The van der Waals surface area contributed by atoms with Gasteiger partial charge in [0.05, 0.1) is 6.54 Å². The molecule has 5 heteroatoms. The second-order valence-electron chi connectivity index (χ2n) is 4.41. The second-order valence-corrected chi connectivity index (χ2v) is 5.39. The molecule has 0 saturated carbocycles. The molecule has 2 rings (SSSR count). The molecule has 1 aliphatic heterocycles. The van der Waals surface area contributed by atoms with Crippen molar-refractivity contribution in [2.24, 2.45) is 0 Å². The molecule has 1 amide bonds. The Labute approximate surface area is 113 Å². The molecular weight excluding hydrogens is 246 g/mol. The maximum absolute atomic E-state index is 11.9. The molecule has 0 aliphatic carbocycles. The molecule has 1 aliphatic rings. The Morgan fingerprint density at radius 2 is 2.28 bits per heavy atom. The lowest BCUT2D eigenvalue weighted by molar-refractivity contribution is -0.128. The van der Waals surface area contributed by atoms with Crippen LogP contribution in [0.25, 0.3) is 0 Å². The van der Waals surface area contributed by atoms with Crippen LogP contribution in [0, 0.1) is 0 Å². The third kappa shape index (κ3) is 2.91. The van der Waals surface area contributed by atoms with Crippen molar-refractivity contribution in [3.8, 4) is 0 Å². The van der Waals surface area contributed by atoms with Crippen LogP contribution in [0.15, 0.2) is 17.5 Å². The Morgan fingerprint density at radius 3 is 2.89 bits per heavy atom. The van der Waals surface area contributed by atoms with E-state index < -0.39 is 0 Å². The van der Waals surface area contributed by atoms with Gasteiger partial charge in [-0.05, 0) is 24.5 Å². The standard InChI is InChI=1S/C13H21N3OS/c1-3-15(4-2)7-8-16-12(17)10-14-13(16)11-6-5-9-18-11/h5-6,9,13-14H,3-4,7-8,10H2,1-2H3. The van der Waals surface area contributed by atoms with Gasteiger partial charge in [0.2, 0.25) is 5.91 Å². The zero-order valence-corrected chi connectivity index (χ0v) is 11.9. The third-order valence-electron chi connectivity index (χ3n) is 3.44. The van der Waals surface area contributed by atoms with Crippen LogP contribution in [0.1, 0.15) is 24.9 Å². The molecule has 0 aromatic carbocycles. The first-order valence-electron chi connectivity index (χ1n) is 6.54. The number of likely N-dealkylation sites (N-methyl/N-ethyl adjacent to an activating group) is 1. The van der Waals surface area contributed by atoms with Crippen molar-refractivity contribution < 1.29 is 4.79 Å². The van der Waals surface area contributed by atoms with E-state index in [1.807, 2.05) is 11.0 Å². The Hall–Kier alpha value is -0.910. The predicted molar refractivity (Wildman–Crippen MR) is 74.6 cm³/mol. The van der Waals surface area contributed by atoms with Crippen LogP contribution >= 0.6 is 11.3 Å². The monoisotopic (exact) mass is 267 g/mol. The molecule has 0 radical (unpaired) electrons. The fraction of sp³-hybridized carbons (Fsp3) is 0.615. The Bertz CT molecular complexity index is 376. The van der Waals surface area contributed by atoms with Crippen molar-refractivity contribution in [2.45, 2.75) is 20.0 Å². The molecule has 0 bridgehead atoms. The molecule has 1 saturated heterocycles. The minimum absolute atomic E-state index is 0.0769. The molecular formula is C13H21N3OS. The first-order chi connectivity index (χ1) is 8.76. The molecule has 1 aromatic heterocycles. The number of carbonyl (C=O) groups is 1. The van der Waals surface area contributed by atoms with Crippen molar-refractivity contribution in [3.05, 3.63) is 22.4 Å². The normalized spacial score (nSPS) is 20.1. The van der Waals surface area contributed by atoms with Gasteiger partial charge in [-0.2, -0.15) is 0 Å². The van der Waals surface area contributed by atoms with Gasteiger partial charge in [0.1, 0.15) is 6.17 Å². The van der Waals surface area contributed by atoms with E-state index in [4.69, 9.17) is 0 Å². The lowest BCUT2D eigenvalue weighted by atomic mass is 10.3. The first kappa shape index (κ1) is 13.5. The predicted octanol–water partition coefficient (Wildman–Crippen LogP) is 1.52. The first-order valence-corrected chi connectivity index (χ1v) is 7.42. The SMILES string of the molecule is CCN(CC)CCN1C(=O)CNC1c1cccs1. The van der Waals surface area contributed by atoms with Gasteiger partial charge >= 0.3 is 0 Å². The molecule has 100 valence electrons. The van der Waals surface area contributed by atoms with Gasteiger partial charge in [0, 0.05) is 18.0 Å². The molecule has 1 unspecified atom stereocenters. The lowest BCUT2D eigenvalue weighted by Crippen LogP contribution is -2.38. The number of thiophene rings is 1. The highest BCUT2D eigenvalue weighted by molar-refractivity contribution is 7.10. The highest BCUT2D eigenvalue weighted by Crippen LogP contribution is 2.25. The van der Waals surface area contributed by atoms with Gasteiger partial charge < -0.3 is 9.80 Å². The van der Waals surface area contributed by atoms with Gasteiger partial charge in [-0.3, -0.25) is 10.1 Å². The molecule has 1 atom stereocenters. The molecule has 1 N–H and O–H groups in total. The van der Waals surface area contributed by atoms with Crippen molar-refractivity contribution in [2.75, 3.05) is 32.7 Å². The van der Waals surface area contributed by atoms with E-state index in [9.17, 15) is 4.79 Å². The van der Waals surface area contributed by atoms with Gasteiger partial charge in [0.25, 0.3) is 0 Å². The van der Waals surface area contributed by atoms with Crippen LogP contribution in [0.3, 0.4) is 0 Å². The van der Waals surface area contributed by atoms with E-state index in [0.717, 1.165) is 26.2 Å². The summed E-state index contributed by atoms with van der Waals surface area (Å²) in [6.07, 6.45) is 0.0769. The maximum Gasteiger partial charge on any atom is 0.238 e. The Kier molecular flexibility index (Phi) is 4.74. The minimum Gasteiger partial charge on any atom is -0.320 e. The largest absolute Gasteiger partial charge is 0.320 e. The summed E-state index contributed by atoms with van der Waals surface area (Å²) in [5.74, 6) is 0.209. The second kappa shape index (κ2) is 6.31. The number of carbonyl (C=O) groups excluding carboxylic acids is 1. The number of rotatable bonds is 6.